The lowest BCUT2D eigenvalue weighted by Crippen LogP contribution is -2.28. The summed E-state index contributed by atoms with van der Waals surface area (Å²) >= 11 is 0. The van der Waals surface area contributed by atoms with E-state index < -0.39 is 41.1 Å². The van der Waals surface area contributed by atoms with E-state index in [1.54, 1.807) is 0 Å². The van der Waals surface area contributed by atoms with Crippen LogP contribution in [0.25, 0.3) is 0 Å². The molecule has 0 radical (unpaired) electrons. The lowest BCUT2D eigenvalue weighted by Gasteiger charge is -2.09. The standard InChI is InChI=1S/C15H19F2N7O4/c1-4-5-18-15(26)13-9(6-19-22(13)3)20-10(25)7-23-8(2)12(24(27)28)11(21-23)14(16)17/h6,14H,4-5,7H2,1-3H3,(H,18,26)(H,20,25). The van der Waals surface area contributed by atoms with Crippen LogP contribution in [0, 0.1) is 17.0 Å². The zero-order valence-corrected chi connectivity index (χ0v) is 15.4. The first-order valence-electron chi connectivity index (χ1n) is 8.27. The van der Waals surface area contributed by atoms with E-state index in [1.165, 1.54) is 24.9 Å². The largest absolute Gasteiger partial charge is 0.351 e. The van der Waals surface area contributed by atoms with Crippen molar-refractivity contribution in [3.63, 3.8) is 0 Å². The Morgan fingerprint density at radius 2 is 2.07 bits per heavy atom. The highest BCUT2D eigenvalue weighted by Gasteiger charge is 2.31. The van der Waals surface area contributed by atoms with Crippen LogP contribution in [-0.2, 0) is 18.4 Å². The molecule has 2 rings (SSSR count). The van der Waals surface area contributed by atoms with E-state index in [-0.39, 0.29) is 17.1 Å². The summed E-state index contributed by atoms with van der Waals surface area (Å²) in [5.41, 5.74) is -1.78. The summed E-state index contributed by atoms with van der Waals surface area (Å²) < 4.78 is 28.0. The van der Waals surface area contributed by atoms with Gasteiger partial charge in [-0.1, -0.05) is 6.92 Å². The van der Waals surface area contributed by atoms with Gasteiger partial charge in [0.05, 0.1) is 16.8 Å². The van der Waals surface area contributed by atoms with Crippen molar-refractivity contribution >= 4 is 23.2 Å². The summed E-state index contributed by atoms with van der Waals surface area (Å²) in [5, 5.41) is 23.5. The highest BCUT2D eigenvalue weighted by Crippen LogP contribution is 2.30. The number of hydrogen-bond acceptors (Lipinski definition) is 6. The topological polar surface area (TPSA) is 137 Å². The zero-order valence-electron chi connectivity index (χ0n) is 15.4. The maximum atomic E-state index is 13.0. The van der Waals surface area contributed by atoms with Crippen LogP contribution >= 0.6 is 0 Å². The second-order valence-electron chi connectivity index (χ2n) is 5.87. The van der Waals surface area contributed by atoms with Gasteiger partial charge >= 0.3 is 5.69 Å². The average Bonchev–Trinajstić information content (AvgIpc) is 3.13. The number of carbonyl (C=O) groups is 2. The summed E-state index contributed by atoms with van der Waals surface area (Å²) in [5.74, 6) is -1.15. The van der Waals surface area contributed by atoms with Crippen LogP contribution in [-0.4, -0.2) is 42.8 Å². The van der Waals surface area contributed by atoms with E-state index in [1.807, 2.05) is 6.92 Å². The Morgan fingerprint density at radius 3 is 2.61 bits per heavy atom. The summed E-state index contributed by atoms with van der Waals surface area (Å²) in [4.78, 5) is 34.5. The van der Waals surface area contributed by atoms with E-state index in [9.17, 15) is 28.5 Å². The second-order valence-corrected chi connectivity index (χ2v) is 5.87. The molecular weight excluding hydrogens is 380 g/mol. The van der Waals surface area contributed by atoms with Crippen molar-refractivity contribution in [1.82, 2.24) is 24.9 Å². The number of aryl methyl sites for hydroxylation is 1. The maximum absolute atomic E-state index is 13.0. The quantitative estimate of drug-likeness (QED) is 0.510. The summed E-state index contributed by atoms with van der Waals surface area (Å²) in [6.07, 6.45) is -1.17. The Hall–Kier alpha value is -3.38. The molecule has 0 bridgehead atoms. The Bertz CT molecular complexity index is 907. The van der Waals surface area contributed by atoms with Crippen LogP contribution in [0.1, 0.15) is 41.6 Å². The highest BCUT2D eigenvalue weighted by molar-refractivity contribution is 6.02. The van der Waals surface area contributed by atoms with Gasteiger partial charge in [0, 0.05) is 13.6 Å². The van der Waals surface area contributed by atoms with Gasteiger partial charge < -0.3 is 10.6 Å². The number of nitro groups is 1. The predicted octanol–water partition coefficient (Wildman–Crippen LogP) is 1.55. The van der Waals surface area contributed by atoms with Gasteiger partial charge in [-0.25, -0.2) is 8.78 Å². The van der Waals surface area contributed by atoms with Gasteiger partial charge in [-0.2, -0.15) is 10.2 Å². The molecule has 0 saturated carbocycles. The normalized spacial score (nSPS) is 10.9. The third kappa shape index (κ3) is 4.29. The Morgan fingerprint density at radius 1 is 1.39 bits per heavy atom. The number of halogens is 2. The number of amides is 2. The molecule has 0 aliphatic rings. The Labute approximate surface area is 157 Å². The monoisotopic (exact) mass is 399 g/mol. The van der Waals surface area contributed by atoms with E-state index in [0.29, 0.717) is 6.54 Å². The van der Waals surface area contributed by atoms with E-state index in [0.717, 1.165) is 11.1 Å². The molecule has 0 aliphatic heterocycles. The summed E-state index contributed by atoms with van der Waals surface area (Å²) in [6.45, 7) is 2.98. The molecule has 2 aromatic heterocycles. The van der Waals surface area contributed by atoms with Crippen LogP contribution in [0.15, 0.2) is 6.20 Å². The minimum atomic E-state index is -3.16. The zero-order chi connectivity index (χ0) is 21.0. The number of aromatic nitrogens is 4. The molecule has 28 heavy (non-hydrogen) atoms. The Kier molecular flexibility index (Phi) is 6.38. The third-order valence-electron chi connectivity index (χ3n) is 3.85. The van der Waals surface area contributed by atoms with Crippen molar-refractivity contribution in [2.45, 2.75) is 33.2 Å². The number of carbonyl (C=O) groups excluding carboxylic acids is 2. The molecule has 13 heteroatoms. The minimum absolute atomic E-state index is 0.109. The first-order valence-corrected chi connectivity index (χ1v) is 8.27. The fourth-order valence-electron chi connectivity index (χ4n) is 2.53. The second kappa shape index (κ2) is 8.54. The van der Waals surface area contributed by atoms with Crippen molar-refractivity contribution in [1.29, 1.82) is 0 Å². The summed E-state index contributed by atoms with van der Waals surface area (Å²) in [7, 11) is 1.52. The minimum Gasteiger partial charge on any atom is -0.351 e. The molecule has 2 N–H and O–H groups in total. The lowest BCUT2D eigenvalue weighted by atomic mass is 10.3. The molecule has 11 nitrogen and oxygen atoms in total. The SMILES string of the molecule is CCCNC(=O)c1c(NC(=O)Cn2nc(C(F)F)c([N+](=O)[O-])c2C)cnn1C. The van der Waals surface area contributed by atoms with Crippen molar-refractivity contribution < 1.29 is 23.3 Å². The number of anilines is 1. The molecular formula is C15H19F2N7O4. The Balaban J connectivity index is 2.21. The number of rotatable bonds is 8. The van der Waals surface area contributed by atoms with Gasteiger partial charge in [-0.3, -0.25) is 29.1 Å². The molecule has 0 aliphatic carbocycles. The van der Waals surface area contributed by atoms with Gasteiger partial charge in [-0.05, 0) is 13.3 Å². The molecule has 0 atom stereocenters. The molecule has 2 aromatic rings. The molecule has 2 heterocycles. The van der Waals surface area contributed by atoms with Gasteiger partial charge in [0.25, 0.3) is 12.3 Å². The van der Waals surface area contributed by atoms with Crippen molar-refractivity contribution in [3.8, 4) is 0 Å². The van der Waals surface area contributed by atoms with Crippen LogP contribution in [0.2, 0.25) is 0 Å². The van der Waals surface area contributed by atoms with Crippen molar-refractivity contribution in [3.05, 3.63) is 33.4 Å². The summed E-state index contributed by atoms with van der Waals surface area (Å²) in [6, 6.07) is 0. The van der Waals surface area contributed by atoms with Crippen LogP contribution in [0.5, 0.6) is 0 Å². The molecule has 2 amide bonds. The first kappa shape index (κ1) is 20.9. The van der Waals surface area contributed by atoms with Crippen LogP contribution in [0.3, 0.4) is 0 Å². The number of hydrogen-bond donors (Lipinski definition) is 2. The average molecular weight is 399 g/mol. The van der Waals surface area contributed by atoms with Gasteiger partial charge in [0.2, 0.25) is 11.6 Å². The van der Waals surface area contributed by atoms with E-state index in [4.69, 9.17) is 0 Å². The molecule has 152 valence electrons. The van der Waals surface area contributed by atoms with Gasteiger partial charge in [0.15, 0.2) is 0 Å². The third-order valence-corrected chi connectivity index (χ3v) is 3.85. The fourth-order valence-corrected chi connectivity index (χ4v) is 2.53. The number of nitrogens with one attached hydrogen (secondary N) is 2. The lowest BCUT2D eigenvalue weighted by molar-refractivity contribution is -0.386. The van der Waals surface area contributed by atoms with Gasteiger partial charge in [0.1, 0.15) is 17.9 Å². The molecule has 0 fully saturated rings. The first-order chi connectivity index (χ1) is 13.2. The number of nitrogens with zero attached hydrogens (tertiary/aromatic N) is 5. The fraction of sp³-hybridized carbons (Fsp3) is 0.467. The predicted molar refractivity (Wildman–Crippen MR) is 93.0 cm³/mol. The van der Waals surface area contributed by atoms with Crippen molar-refractivity contribution in [2.24, 2.45) is 7.05 Å². The van der Waals surface area contributed by atoms with Gasteiger partial charge in [-0.15, -0.1) is 0 Å². The molecule has 0 unspecified atom stereocenters. The maximum Gasteiger partial charge on any atom is 0.319 e. The van der Waals surface area contributed by atoms with Crippen LogP contribution in [0.4, 0.5) is 20.2 Å². The molecule has 0 aromatic carbocycles. The van der Waals surface area contributed by atoms with Crippen molar-refractivity contribution in [2.75, 3.05) is 11.9 Å². The molecule has 0 saturated heterocycles. The number of alkyl halides is 2. The van der Waals surface area contributed by atoms with E-state index in [2.05, 4.69) is 20.8 Å². The van der Waals surface area contributed by atoms with Crippen LogP contribution < -0.4 is 10.6 Å². The highest BCUT2D eigenvalue weighted by atomic mass is 19.3. The molecule has 0 spiro atoms. The smallest absolute Gasteiger partial charge is 0.319 e. The van der Waals surface area contributed by atoms with E-state index >= 15 is 0 Å².